The van der Waals surface area contributed by atoms with E-state index in [0.717, 1.165) is 50.4 Å². The first-order chi connectivity index (χ1) is 10.9. The van der Waals surface area contributed by atoms with Crippen LogP contribution >= 0.6 is 0 Å². The molecule has 22 heavy (non-hydrogen) atoms. The zero-order valence-corrected chi connectivity index (χ0v) is 13.5. The molecule has 118 valence electrons. The van der Waals surface area contributed by atoms with Crippen LogP contribution in [0.2, 0.25) is 0 Å². The molecule has 1 fully saturated rings. The van der Waals surface area contributed by atoms with Crippen LogP contribution in [-0.2, 0) is 0 Å². The first-order valence-corrected chi connectivity index (χ1v) is 8.55. The summed E-state index contributed by atoms with van der Waals surface area (Å²) >= 11 is 0. The molecule has 0 spiro atoms. The number of piperazine rings is 1. The van der Waals surface area contributed by atoms with E-state index in [0.29, 0.717) is 0 Å². The van der Waals surface area contributed by atoms with Crippen LogP contribution in [0.4, 0.5) is 11.4 Å². The molecular formula is C18H26N4. The molecule has 0 radical (unpaired) electrons. The Hall–Kier alpha value is -1.68. The van der Waals surface area contributed by atoms with Crippen molar-refractivity contribution >= 4 is 22.9 Å². The van der Waals surface area contributed by atoms with Gasteiger partial charge in [0.1, 0.15) is 5.84 Å². The molecule has 3 rings (SSSR count). The summed E-state index contributed by atoms with van der Waals surface area (Å²) in [5.41, 5.74) is 3.33. The van der Waals surface area contributed by atoms with E-state index < -0.39 is 0 Å². The molecule has 1 aromatic rings. The maximum absolute atomic E-state index is 4.94. The molecule has 2 heterocycles. The number of hydrogen-bond donors (Lipinski definition) is 1. The van der Waals surface area contributed by atoms with Crippen LogP contribution in [0.15, 0.2) is 34.3 Å². The average Bonchev–Trinajstić information content (AvgIpc) is 2.75. The minimum atomic E-state index is 0.901. The van der Waals surface area contributed by atoms with Gasteiger partial charge in [-0.25, -0.2) is 4.99 Å². The Kier molecular flexibility index (Phi) is 5.22. The van der Waals surface area contributed by atoms with Crippen molar-refractivity contribution in [3.8, 4) is 0 Å². The molecule has 0 saturated carbocycles. The maximum atomic E-state index is 4.94. The Morgan fingerprint density at radius 2 is 1.77 bits per heavy atom. The predicted octanol–water partition coefficient (Wildman–Crippen LogP) is 3.68. The smallest absolute Gasteiger partial charge is 0.111 e. The Bertz CT molecular complexity index is 556. The second kappa shape index (κ2) is 7.54. The van der Waals surface area contributed by atoms with E-state index in [1.807, 2.05) is 0 Å². The van der Waals surface area contributed by atoms with Gasteiger partial charge >= 0.3 is 0 Å². The van der Waals surface area contributed by atoms with Gasteiger partial charge < -0.3 is 10.2 Å². The standard InChI is InChI=1S/C18H26N4/c1-2-3-4-7-15-14-18(22-12-10-19-11-13-22)21-17-9-6-5-8-16(17)20-15/h5-6,8-9,19H,2-4,7,10-14H2,1H3. The number of rotatable bonds is 4. The fraction of sp³-hybridized carbons (Fsp3) is 0.556. The number of fused-ring (bicyclic) bond motifs is 1. The van der Waals surface area contributed by atoms with Crippen molar-refractivity contribution < 1.29 is 0 Å². The lowest BCUT2D eigenvalue weighted by molar-refractivity contribution is 0.354. The van der Waals surface area contributed by atoms with E-state index in [1.165, 1.54) is 30.8 Å². The Morgan fingerprint density at radius 3 is 2.50 bits per heavy atom. The van der Waals surface area contributed by atoms with Crippen LogP contribution in [0, 0.1) is 0 Å². The molecule has 0 unspecified atom stereocenters. The van der Waals surface area contributed by atoms with E-state index in [2.05, 4.69) is 41.4 Å². The molecule has 0 aromatic heterocycles. The van der Waals surface area contributed by atoms with Gasteiger partial charge in [-0.2, -0.15) is 0 Å². The first kappa shape index (κ1) is 15.2. The summed E-state index contributed by atoms with van der Waals surface area (Å²) in [4.78, 5) is 12.3. The molecular weight excluding hydrogens is 272 g/mol. The van der Waals surface area contributed by atoms with E-state index >= 15 is 0 Å². The lowest BCUT2D eigenvalue weighted by atomic mass is 10.1. The number of amidine groups is 1. The molecule has 2 aliphatic heterocycles. The third kappa shape index (κ3) is 3.74. The monoisotopic (exact) mass is 298 g/mol. The van der Waals surface area contributed by atoms with Gasteiger partial charge in [-0.3, -0.25) is 4.99 Å². The number of para-hydroxylation sites is 2. The summed E-state index contributed by atoms with van der Waals surface area (Å²) in [6.07, 6.45) is 5.75. The normalized spacial score (nSPS) is 18.3. The molecule has 0 atom stereocenters. The van der Waals surface area contributed by atoms with Gasteiger partial charge in [-0.15, -0.1) is 0 Å². The number of nitrogens with zero attached hydrogens (tertiary/aromatic N) is 3. The SMILES string of the molecule is CCCCCC1=Nc2ccccc2N=C(N2CCNCC2)C1. The molecule has 4 nitrogen and oxygen atoms in total. The predicted molar refractivity (Wildman–Crippen MR) is 93.8 cm³/mol. The van der Waals surface area contributed by atoms with Gasteiger partial charge in [-0.1, -0.05) is 31.9 Å². The number of nitrogens with one attached hydrogen (secondary N) is 1. The van der Waals surface area contributed by atoms with Crippen LogP contribution in [0.25, 0.3) is 0 Å². The van der Waals surface area contributed by atoms with Crippen molar-refractivity contribution in [3.05, 3.63) is 24.3 Å². The third-order valence-electron chi connectivity index (χ3n) is 4.32. The fourth-order valence-electron chi connectivity index (χ4n) is 3.05. The molecule has 0 amide bonds. The molecule has 1 N–H and O–H groups in total. The van der Waals surface area contributed by atoms with E-state index in [1.54, 1.807) is 0 Å². The molecule has 4 heteroatoms. The van der Waals surface area contributed by atoms with Crippen LogP contribution in [-0.4, -0.2) is 42.6 Å². The second-order valence-electron chi connectivity index (χ2n) is 6.07. The van der Waals surface area contributed by atoms with Crippen molar-refractivity contribution in [2.75, 3.05) is 26.2 Å². The van der Waals surface area contributed by atoms with Gasteiger partial charge in [0, 0.05) is 38.3 Å². The highest BCUT2D eigenvalue weighted by Gasteiger charge is 2.19. The summed E-state index contributed by atoms with van der Waals surface area (Å²) in [6, 6.07) is 8.27. The molecule has 1 aromatic carbocycles. The summed E-state index contributed by atoms with van der Waals surface area (Å²) in [7, 11) is 0. The summed E-state index contributed by atoms with van der Waals surface area (Å²) < 4.78 is 0. The fourth-order valence-corrected chi connectivity index (χ4v) is 3.05. The van der Waals surface area contributed by atoms with Crippen LogP contribution in [0.1, 0.15) is 39.0 Å². The van der Waals surface area contributed by atoms with Crippen LogP contribution < -0.4 is 5.32 Å². The molecule has 0 aliphatic carbocycles. The van der Waals surface area contributed by atoms with Gasteiger partial charge in [0.2, 0.25) is 0 Å². The largest absolute Gasteiger partial charge is 0.357 e. The van der Waals surface area contributed by atoms with Crippen LogP contribution in [0.3, 0.4) is 0 Å². The van der Waals surface area contributed by atoms with Crippen LogP contribution in [0.5, 0.6) is 0 Å². The number of benzene rings is 1. The van der Waals surface area contributed by atoms with E-state index in [9.17, 15) is 0 Å². The van der Waals surface area contributed by atoms with E-state index in [-0.39, 0.29) is 0 Å². The lowest BCUT2D eigenvalue weighted by Crippen LogP contribution is -2.46. The summed E-state index contributed by atoms with van der Waals surface area (Å²) in [5.74, 6) is 1.20. The highest BCUT2D eigenvalue weighted by atomic mass is 15.2. The van der Waals surface area contributed by atoms with E-state index in [4.69, 9.17) is 9.98 Å². The number of aliphatic imine (C=N–C) groups is 2. The maximum Gasteiger partial charge on any atom is 0.111 e. The number of hydrogen-bond acceptors (Lipinski definition) is 4. The minimum absolute atomic E-state index is 0.901. The summed E-state index contributed by atoms with van der Waals surface area (Å²) in [5, 5.41) is 3.41. The van der Waals surface area contributed by atoms with Gasteiger partial charge in [0.15, 0.2) is 0 Å². The zero-order valence-electron chi connectivity index (χ0n) is 13.5. The molecule has 0 bridgehead atoms. The van der Waals surface area contributed by atoms with Crippen molar-refractivity contribution in [2.45, 2.75) is 39.0 Å². The zero-order chi connectivity index (χ0) is 15.2. The highest BCUT2D eigenvalue weighted by molar-refractivity contribution is 6.07. The van der Waals surface area contributed by atoms with Gasteiger partial charge in [0.25, 0.3) is 0 Å². The van der Waals surface area contributed by atoms with Crippen molar-refractivity contribution in [1.29, 1.82) is 0 Å². The Balaban J connectivity index is 1.84. The third-order valence-corrected chi connectivity index (χ3v) is 4.32. The van der Waals surface area contributed by atoms with Gasteiger partial charge in [-0.05, 0) is 25.0 Å². The lowest BCUT2D eigenvalue weighted by Gasteiger charge is -2.30. The minimum Gasteiger partial charge on any atom is -0.357 e. The molecule has 1 saturated heterocycles. The Morgan fingerprint density at radius 1 is 1.05 bits per heavy atom. The number of unbranched alkanes of at least 4 members (excludes halogenated alkanes) is 2. The van der Waals surface area contributed by atoms with Crippen molar-refractivity contribution in [2.24, 2.45) is 9.98 Å². The Labute approximate surface area is 133 Å². The second-order valence-corrected chi connectivity index (χ2v) is 6.07. The van der Waals surface area contributed by atoms with Gasteiger partial charge in [0.05, 0.1) is 11.4 Å². The van der Waals surface area contributed by atoms with Crippen molar-refractivity contribution in [1.82, 2.24) is 10.2 Å². The average molecular weight is 298 g/mol. The first-order valence-electron chi connectivity index (χ1n) is 8.55. The quantitative estimate of drug-likeness (QED) is 0.861. The van der Waals surface area contributed by atoms with Crippen molar-refractivity contribution in [3.63, 3.8) is 0 Å². The molecule has 2 aliphatic rings. The summed E-state index contributed by atoms with van der Waals surface area (Å²) in [6.45, 7) is 6.43. The topological polar surface area (TPSA) is 40.0 Å². The highest BCUT2D eigenvalue weighted by Crippen LogP contribution is 2.31.